The van der Waals surface area contributed by atoms with Crippen LogP contribution in [0.5, 0.6) is 11.5 Å². The number of hydrogen-bond acceptors (Lipinski definition) is 4. The van der Waals surface area contributed by atoms with Gasteiger partial charge in [-0.3, -0.25) is 9.78 Å². The molecule has 1 aliphatic rings. The molecule has 32 heavy (non-hydrogen) atoms. The van der Waals surface area contributed by atoms with Gasteiger partial charge in [-0.2, -0.15) is 0 Å². The van der Waals surface area contributed by atoms with Crippen LogP contribution in [0.1, 0.15) is 64.8 Å². The van der Waals surface area contributed by atoms with Gasteiger partial charge in [-0.15, -0.1) is 0 Å². The molecule has 1 unspecified atom stereocenters. The van der Waals surface area contributed by atoms with Gasteiger partial charge < -0.3 is 14.7 Å². The Labute approximate surface area is 189 Å². The summed E-state index contributed by atoms with van der Waals surface area (Å²) in [5.74, 6) is 2.06. The third kappa shape index (κ3) is 4.53. The normalized spacial score (nSPS) is 15.9. The van der Waals surface area contributed by atoms with Crippen molar-refractivity contribution in [3.8, 4) is 11.5 Å². The monoisotopic (exact) mass is 430 g/mol. The maximum absolute atomic E-state index is 12.9. The number of carbonyl (C=O) groups is 1. The van der Waals surface area contributed by atoms with E-state index in [4.69, 9.17) is 4.74 Å². The van der Waals surface area contributed by atoms with Crippen molar-refractivity contribution in [2.24, 2.45) is 0 Å². The van der Waals surface area contributed by atoms with Crippen LogP contribution >= 0.6 is 0 Å². The van der Waals surface area contributed by atoms with Gasteiger partial charge in [0.1, 0.15) is 17.2 Å². The van der Waals surface area contributed by atoms with E-state index in [2.05, 4.69) is 24.9 Å². The molecule has 1 saturated heterocycles. The fraction of sp³-hybridized carbons (Fsp3) is 0.333. The smallest absolute Gasteiger partial charge is 0.272 e. The summed E-state index contributed by atoms with van der Waals surface area (Å²) in [6, 6.07) is 17.7. The Morgan fingerprint density at radius 1 is 1.19 bits per heavy atom. The zero-order chi connectivity index (χ0) is 22.7. The second kappa shape index (κ2) is 9.53. The number of amides is 1. The molecule has 1 aliphatic heterocycles. The zero-order valence-electron chi connectivity index (χ0n) is 18.9. The van der Waals surface area contributed by atoms with E-state index in [0.717, 1.165) is 34.4 Å². The highest BCUT2D eigenvalue weighted by Gasteiger charge is 2.30. The number of para-hydroxylation sites is 1. The standard InChI is InChI=1S/C27H30N2O3/c1-18(2)23-8-4-5-9-25(23)32-22-10-11-24(21(15-22)17-30)20-12-14-29(16-20)27(31)26-19(3)7-6-13-28-26/h4-11,13,15,18,20,30H,12,14,16-17H2,1-3H3. The van der Waals surface area contributed by atoms with Gasteiger partial charge in [0.2, 0.25) is 0 Å². The van der Waals surface area contributed by atoms with Gasteiger partial charge in [0.15, 0.2) is 0 Å². The molecule has 3 aromatic rings. The summed E-state index contributed by atoms with van der Waals surface area (Å²) >= 11 is 0. The Kier molecular flexibility index (Phi) is 6.56. The largest absolute Gasteiger partial charge is 0.457 e. The Morgan fingerprint density at radius 2 is 2.00 bits per heavy atom. The van der Waals surface area contributed by atoms with Crippen LogP contribution in [0, 0.1) is 6.92 Å². The minimum Gasteiger partial charge on any atom is -0.457 e. The van der Waals surface area contributed by atoms with E-state index < -0.39 is 0 Å². The van der Waals surface area contributed by atoms with Crippen molar-refractivity contribution in [3.05, 3.63) is 88.7 Å². The lowest BCUT2D eigenvalue weighted by atomic mass is 9.93. The molecule has 5 heteroatoms. The molecule has 1 fully saturated rings. The fourth-order valence-corrected chi connectivity index (χ4v) is 4.42. The zero-order valence-corrected chi connectivity index (χ0v) is 18.9. The van der Waals surface area contributed by atoms with E-state index in [1.54, 1.807) is 6.20 Å². The van der Waals surface area contributed by atoms with Gasteiger partial charge in [0, 0.05) is 25.2 Å². The number of benzene rings is 2. The lowest BCUT2D eigenvalue weighted by Crippen LogP contribution is -2.29. The van der Waals surface area contributed by atoms with Crippen molar-refractivity contribution in [2.75, 3.05) is 13.1 Å². The second-order valence-corrected chi connectivity index (χ2v) is 8.72. The molecular weight excluding hydrogens is 400 g/mol. The highest BCUT2D eigenvalue weighted by atomic mass is 16.5. The molecule has 1 N–H and O–H groups in total. The highest BCUT2D eigenvalue weighted by Crippen LogP contribution is 2.35. The highest BCUT2D eigenvalue weighted by molar-refractivity contribution is 5.93. The summed E-state index contributed by atoms with van der Waals surface area (Å²) in [5, 5.41) is 10.1. The summed E-state index contributed by atoms with van der Waals surface area (Å²) in [5.41, 5.74) is 4.48. The minimum absolute atomic E-state index is 0.0265. The molecule has 2 aromatic carbocycles. The molecule has 1 atom stereocenters. The molecule has 5 nitrogen and oxygen atoms in total. The van der Waals surface area contributed by atoms with Crippen LogP contribution in [0.3, 0.4) is 0 Å². The first-order chi connectivity index (χ1) is 15.5. The van der Waals surface area contributed by atoms with Gasteiger partial charge in [-0.05, 0) is 65.8 Å². The van der Waals surface area contributed by atoms with Gasteiger partial charge in [0.25, 0.3) is 5.91 Å². The average Bonchev–Trinajstić information content (AvgIpc) is 3.29. The predicted molar refractivity (Wildman–Crippen MR) is 125 cm³/mol. The lowest BCUT2D eigenvalue weighted by molar-refractivity contribution is 0.0784. The number of hydrogen-bond donors (Lipinski definition) is 1. The van der Waals surface area contributed by atoms with Gasteiger partial charge >= 0.3 is 0 Å². The quantitative estimate of drug-likeness (QED) is 0.567. The minimum atomic E-state index is -0.0673. The maximum atomic E-state index is 12.9. The van der Waals surface area contributed by atoms with Crippen molar-refractivity contribution < 1.29 is 14.6 Å². The number of nitrogens with zero attached hydrogens (tertiary/aromatic N) is 2. The van der Waals surface area contributed by atoms with E-state index >= 15 is 0 Å². The Bertz CT molecular complexity index is 1110. The maximum Gasteiger partial charge on any atom is 0.272 e. The molecule has 4 rings (SSSR count). The molecular formula is C27H30N2O3. The van der Waals surface area contributed by atoms with Crippen molar-refractivity contribution in [2.45, 2.75) is 45.6 Å². The number of carbonyl (C=O) groups excluding carboxylic acids is 1. The van der Waals surface area contributed by atoms with Crippen LogP contribution in [0.25, 0.3) is 0 Å². The van der Waals surface area contributed by atoms with Crippen LogP contribution < -0.4 is 4.74 Å². The summed E-state index contributed by atoms with van der Waals surface area (Å²) in [6.07, 6.45) is 2.52. The third-order valence-electron chi connectivity index (χ3n) is 6.18. The summed E-state index contributed by atoms with van der Waals surface area (Å²) < 4.78 is 6.18. The van der Waals surface area contributed by atoms with Crippen LogP contribution in [-0.4, -0.2) is 34.0 Å². The lowest BCUT2D eigenvalue weighted by Gasteiger charge is -2.19. The number of aliphatic hydroxyl groups is 1. The van der Waals surface area contributed by atoms with E-state index in [1.807, 2.05) is 60.4 Å². The Balaban J connectivity index is 1.52. The summed E-state index contributed by atoms with van der Waals surface area (Å²) in [6.45, 7) is 7.44. The van der Waals surface area contributed by atoms with E-state index in [0.29, 0.717) is 30.5 Å². The number of aryl methyl sites for hydroxylation is 1. The third-order valence-corrected chi connectivity index (χ3v) is 6.18. The molecule has 0 bridgehead atoms. The number of aliphatic hydroxyl groups excluding tert-OH is 1. The van der Waals surface area contributed by atoms with Crippen LogP contribution in [0.4, 0.5) is 0 Å². The number of ether oxygens (including phenoxy) is 1. The first-order valence-corrected chi connectivity index (χ1v) is 11.2. The number of rotatable bonds is 6. The number of aromatic nitrogens is 1. The molecule has 0 spiro atoms. The summed E-state index contributed by atoms with van der Waals surface area (Å²) in [4.78, 5) is 19.1. The summed E-state index contributed by atoms with van der Waals surface area (Å²) in [7, 11) is 0. The SMILES string of the molecule is Cc1cccnc1C(=O)N1CCC(c2ccc(Oc3ccccc3C(C)C)cc2CO)C1. The molecule has 0 saturated carbocycles. The molecule has 1 amide bonds. The van der Waals surface area contributed by atoms with Crippen LogP contribution in [0.15, 0.2) is 60.8 Å². The van der Waals surface area contributed by atoms with Crippen molar-refractivity contribution in [1.29, 1.82) is 0 Å². The first kappa shape index (κ1) is 22.0. The van der Waals surface area contributed by atoms with E-state index in [-0.39, 0.29) is 18.4 Å². The molecule has 1 aromatic heterocycles. The Hall–Kier alpha value is -3.18. The van der Waals surface area contributed by atoms with Gasteiger partial charge in [-0.25, -0.2) is 0 Å². The van der Waals surface area contributed by atoms with Crippen LogP contribution in [-0.2, 0) is 6.61 Å². The van der Waals surface area contributed by atoms with Gasteiger partial charge in [0.05, 0.1) is 6.61 Å². The topological polar surface area (TPSA) is 62.7 Å². The first-order valence-electron chi connectivity index (χ1n) is 11.2. The number of likely N-dealkylation sites (tertiary alicyclic amines) is 1. The second-order valence-electron chi connectivity index (χ2n) is 8.72. The predicted octanol–water partition coefficient (Wildman–Crippen LogP) is 5.43. The van der Waals surface area contributed by atoms with Crippen molar-refractivity contribution in [1.82, 2.24) is 9.88 Å². The number of pyridine rings is 1. The average molecular weight is 431 g/mol. The molecule has 0 aliphatic carbocycles. The van der Waals surface area contributed by atoms with Crippen molar-refractivity contribution in [3.63, 3.8) is 0 Å². The molecule has 0 radical (unpaired) electrons. The van der Waals surface area contributed by atoms with E-state index in [9.17, 15) is 9.90 Å². The molecule has 166 valence electrons. The van der Waals surface area contributed by atoms with Crippen molar-refractivity contribution >= 4 is 5.91 Å². The van der Waals surface area contributed by atoms with Crippen LogP contribution in [0.2, 0.25) is 0 Å². The molecule has 2 heterocycles. The van der Waals surface area contributed by atoms with E-state index in [1.165, 1.54) is 0 Å². The fourth-order valence-electron chi connectivity index (χ4n) is 4.42. The Morgan fingerprint density at radius 3 is 2.75 bits per heavy atom. The van der Waals surface area contributed by atoms with Gasteiger partial charge in [-0.1, -0.05) is 44.2 Å².